The molecule has 2 unspecified atom stereocenters. The Kier molecular flexibility index (Phi) is 4.27. The van der Waals surface area contributed by atoms with Crippen LogP contribution < -0.4 is 11.1 Å². The molecule has 82 valence electrons. The first-order valence-corrected chi connectivity index (χ1v) is 4.88. The Hall–Kier alpha value is -1.39. The van der Waals surface area contributed by atoms with E-state index in [4.69, 9.17) is 10.8 Å². The minimum Gasteiger partial charge on any atom is -0.480 e. The van der Waals surface area contributed by atoms with Gasteiger partial charge in [-0.1, -0.05) is 30.3 Å². The minimum absolute atomic E-state index is 0.335. The molecule has 4 N–H and O–H groups in total. The van der Waals surface area contributed by atoms with Crippen molar-refractivity contribution < 1.29 is 9.90 Å². The number of aliphatic carboxylic acids is 1. The van der Waals surface area contributed by atoms with E-state index in [-0.39, 0.29) is 6.17 Å². The van der Waals surface area contributed by atoms with Gasteiger partial charge in [-0.05, 0) is 12.5 Å². The first-order chi connectivity index (χ1) is 7.09. The molecule has 0 aliphatic carbocycles. The number of hydrogen-bond acceptors (Lipinski definition) is 3. The number of benzene rings is 1. The number of nitrogens with two attached hydrogens (primary N) is 1. The third kappa shape index (κ3) is 4.10. The van der Waals surface area contributed by atoms with Crippen molar-refractivity contribution >= 4 is 5.97 Å². The molecule has 0 aromatic heterocycles. The van der Waals surface area contributed by atoms with Crippen molar-refractivity contribution in [2.75, 3.05) is 0 Å². The Morgan fingerprint density at radius 2 is 2.07 bits per heavy atom. The smallest absolute Gasteiger partial charge is 0.320 e. The Morgan fingerprint density at radius 1 is 1.47 bits per heavy atom. The van der Waals surface area contributed by atoms with E-state index in [0.717, 1.165) is 5.56 Å². The molecule has 0 heterocycles. The van der Waals surface area contributed by atoms with Crippen LogP contribution in [0.1, 0.15) is 12.5 Å². The summed E-state index contributed by atoms with van der Waals surface area (Å²) in [7, 11) is 0. The fraction of sp³-hybridized carbons (Fsp3) is 0.364. The third-order valence-corrected chi connectivity index (χ3v) is 2.13. The van der Waals surface area contributed by atoms with Gasteiger partial charge in [0.25, 0.3) is 0 Å². The quantitative estimate of drug-likeness (QED) is 0.619. The zero-order chi connectivity index (χ0) is 11.3. The van der Waals surface area contributed by atoms with Crippen LogP contribution in [0.2, 0.25) is 0 Å². The molecule has 0 saturated heterocycles. The molecule has 0 amide bonds. The summed E-state index contributed by atoms with van der Waals surface area (Å²) in [6.45, 7) is 1.58. The van der Waals surface area contributed by atoms with E-state index in [1.807, 2.05) is 30.3 Å². The number of nitrogens with one attached hydrogen (secondary N) is 1. The Labute approximate surface area is 89.1 Å². The summed E-state index contributed by atoms with van der Waals surface area (Å²) in [6, 6.07) is 9.11. The van der Waals surface area contributed by atoms with Gasteiger partial charge in [-0.3, -0.25) is 10.1 Å². The lowest BCUT2D eigenvalue weighted by Gasteiger charge is -2.16. The van der Waals surface area contributed by atoms with Gasteiger partial charge in [0.1, 0.15) is 6.04 Å². The van der Waals surface area contributed by atoms with Crippen molar-refractivity contribution in [1.29, 1.82) is 0 Å². The average Bonchev–Trinajstić information content (AvgIpc) is 2.18. The predicted octanol–water partition coefficient (Wildman–Crippen LogP) is 0.577. The van der Waals surface area contributed by atoms with Gasteiger partial charge in [0.2, 0.25) is 0 Å². The summed E-state index contributed by atoms with van der Waals surface area (Å²) >= 11 is 0. The first-order valence-electron chi connectivity index (χ1n) is 4.88. The van der Waals surface area contributed by atoms with E-state index in [1.54, 1.807) is 6.92 Å². The lowest BCUT2D eigenvalue weighted by molar-refractivity contribution is -0.139. The second-order valence-electron chi connectivity index (χ2n) is 3.52. The van der Waals surface area contributed by atoms with Crippen LogP contribution in [-0.4, -0.2) is 23.3 Å². The van der Waals surface area contributed by atoms with E-state index < -0.39 is 12.0 Å². The highest BCUT2D eigenvalue weighted by Gasteiger charge is 2.13. The summed E-state index contributed by atoms with van der Waals surface area (Å²) < 4.78 is 0. The molecule has 0 radical (unpaired) electrons. The molecule has 1 aromatic carbocycles. The van der Waals surface area contributed by atoms with Crippen LogP contribution in [0.4, 0.5) is 0 Å². The lowest BCUT2D eigenvalue weighted by Crippen LogP contribution is -2.47. The van der Waals surface area contributed by atoms with E-state index in [9.17, 15) is 4.79 Å². The van der Waals surface area contributed by atoms with Gasteiger partial charge in [-0.25, -0.2) is 0 Å². The highest BCUT2D eigenvalue weighted by Crippen LogP contribution is 2.00. The molecule has 4 nitrogen and oxygen atoms in total. The standard InChI is InChI=1S/C11H16N2O2/c1-8(11(14)15)13-10(12)7-9-5-3-2-4-6-9/h2-6,8,10,13H,7,12H2,1H3,(H,14,15). The number of carboxylic acid groups (broad SMARTS) is 1. The van der Waals surface area contributed by atoms with Crippen LogP contribution >= 0.6 is 0 Å². The van der Waals surface area contributed by atoms with E-state index in [0.29, 0.717) is 6.42 Å². The van der Waals surface area contributed by atoms with Crippen molar-refractivity contribution in [3.8, 4) is 0 Å². The molecule has 4 heteroatoms. The van der Waals surface area contributed by atoms with Gasteiger partial charge in [0, 0.05) is 6.42 Å². The van der Waals surface area contributed by atoms with Crippen molar-refractivity contribution in [2.24, 2.45) is 5.73 Å². The van der Waals surface area contributed by atoms with Gasteiger partial charge in [0.05, 0.1) is 6.17 Å². The summed E-state index contributed by atoms with van der Waals surface area (Å²) in [5.41, 5.74) is 6.86. The molecular formula is C11H16N2O2. The molecule has 0 bridgehead atoms. The largest absolute Gasteiger partial charge is 0.480 e. The van der Waals surface area contributed by atoms with Gasteiger partial charge in [-0.2, -0.15) is 0 Å². The Morgan fingerprint density at radius 3 is 2.60 bits per heavy atom. The van der Waals surface area contributed by atoms with E-state index in [2.05, 4.69) is 5.32 Å². The predicted molar refractivity (Wildman–Crippen MR) is 58.4 cm³/mol. The maximum Gasteiger partial charge on any atom is 0.320 e. The molecular weight excluding hydrogens is 192 g/mol. The van der Waals surface area contributed by atoms with Crippen molar-refractivity contribution in [3.63, 3.8) is 0 Å². The maximum atomic E-state index is 10.6. The number of carboxylic acids is 1. The highest BCUT2D eigenvalue weighted by molar-refractivity contribution is 5.72. The molecule has 0 fully saturated rings. The van der Waals surface area contributed by atoms with Crippen LogP contribution in [0.15, 0.2) is 30.3 Å². The van der Waals surface area contributed by atoms with Crippen LogP contribution in [-0.2, 0) is 11.2 Å². The van der Waals surface area contributed by atoms with Crippen molar-refractivity contribution in [2.45, 2.75) is 25.6 Å². The normalized spacial score (nSPS) is 14.5. The molecule has 2 atom stereocenters. The summed E-state index contributed by atoms with van der Waals surface area (Å²) in [5.74, 6) is -0.890. The van der Waals surface area contributed by atoms with Crippen LogP contribution in [0, 0.1) is 0 Å². The molecule has 0 aliphatic heterocycles. The number of carbonyl (C=O) groups is 1. The fourth-order valence-corrected chi connectivity index (χ4v) is 1.32. The Balaban J connectivity index is 2.43. The van der Waals surface area contributed by atoms with Gasteiger partial charge >= 0.3 is 5.97 Å². The van der Waals surface area contributed by atoms with Crippen molar-refractivity contribution in [1.82, 2.24) is 5.32 Å². The first kappa shape index (κ1) is 11.7. The monoisotopic (exact) mass is 208 g/mol. The summed E-state index contributed by atoms with van der Waals surface area (Å²) in [5, 5.41) is 11.5. The zero-order valence-electron chi connectivity index (χ0n) is 8.68. The summed E-state index contributed by atoms with van der Waals surface area (Å²) in [6.07, 6.45) is 0.289. The van der Waals surface area contributed by atoms with Crippen LogP contribution in [0.5, 0.6) is 0 Å². The Bertz CT molecular complexity index is 314. The second kappa shape index (κ2) is 5.48. The molecule has 0 aliphatic rings. The highest BCUT2D eigenvalue weighted by atomic mass is 16.4. The summed E-state index contributed by atoms with van der Waals surface area (Å²) in [4.78, 5) is 10.6. The second-order valence-corrected chi connectivity index (χ2v) is 3.52. The molecule has 15 heavy (non-hydrogen) atoms. The van der Waals surface area contributed by atoms with E-state index in [1.165, 1.54) is 0 Å². The fourth-order valence-electron chi connectivity index (χ4n) is 1.32. The lowest BCUT2D eigenvalue weighted by atomic mass is 10.1. The van der Waals surface area contributed by atoms with Crippen LogP contribution in [0.25, 0.3) is 0 Å². The average molecular weight is 208 g/mol. The molecule has 0 spiro atoms. The van der Waals surface area contributed by atoms with Crippen molar-refractivity contribution in [3.05, 3.63) is 35.9 Å². The van der Waals surface area contributed by atoms with Crippen LogP contribution in [0.3, 0.4) is 0 Å². The zero-order valence-corrected chi connectivity index (χ0v) is 8.68. The number of rotatable bonds is 5. The molecule has 0 saturated carbocycles. The molecule has 1 rings (SSSR count). The number of hydrogen-bond donors (Lipinski definition) is 3. The minimum atomic E-state index is -0.890. The molecule has 1 aromatic rings. The van der Waals surface area contributed by atoms with Gasteiger partial charge in [-0.15, -0.1) is 0 Å². The van der Waals surface area contributed by atoms with Gasteiger partial charge < -0.3 is 10.8 Å². The maximum absolute atomic E-state index is 10.6. The SMILES string of the molecule is CC(NC(N)Cc1ccccc1)C(=O)O. The van der Waals surface area contributed by atoms with E-state index >= 15 is 0 Å². The van der Waals surface area contributed by atoms with Gasteiger partial charge in [0.15, 0.2) is 0 Å². The topological polar surface area (TPSA) is 75.3 Å². The third-order valence-electron chi connectivity index (χ3n) is 2.13.